The summed E-state index contributed by atoms with van der Waals surface area (Å²) in [5.41, 5.74) is 0. The van der Waals surface area contributed by atoms with Gasteiger partial charge in [0.25, 0.3) is 0 Å². The Bertz CT molecular complexity index is 147. The van der Waals surface area contributed by atoms with E-state index in [9.17, 15) is 0 Å². The van der Waals surface area contributed by atoms with Gasteiger partial charge in [0, 0.05) is 12.2 Å². The van der Waals surface area contributed by atoms with Crippen LogP contribution in [-0.2, 0) is 8.85 Å². The normalized spacial score (nSPS) is 11.2. The number of hydrogen-bond donors (Lipinski definition) is 0. The van der Waals surface area contributed by atoms with Crippen molar-refractivity contribution in [1.29, 1.82) is 0 Å². The van der Waals surface area contributed by atoms with Gasteiger partial charge in [0.2, 0.25) is 0 Å². The summed E-state index contributed by atoms with van der Waals surface area (Å²) < 4.78 is 12.0. The van der Waals surface area contributed by atoms with Crippen molar-refractivity contribution in [3.8, 4) is 0 Å². The Morgan fingerprint density at radius 2 is 1.44 bits per heavy atom. The smallest absolute Gasteiger partial charge is 1.00 e. The summed E-state index contributed by atoms with van der Waals surface area (Å²) in [6.45, 7) is 14.4. The molecule has 0 heterocycles. The van der Waals surface area contributed by atoms with Gasteiger partial charge in [-0.1, -0.05) is 6.92 Å². The molecule has 0 unspecified atom stereocenters. The molecule has 0 fully saturated rings. The minimum absolute atomic E-state index is 0. The monoisotopic (exact) mass is 320 g/mol. The fourth-order valence-electron chi connectivity index (χ4n) is 1.62. The maximum absolute atomic E-state index is 6.02. The molecule has 0 amide bonds. The van der Waals surface area contributed by atoms with Gasteiger partial charge in [0.1, 0.15) is 0 Å². The van der Waals surface area contributed by atoms with E-state index >= 15 is 0 Å². The molecule has 0 aliphatic heterocycles. The van der Waals surface area contributed by atoms with Crippen molar-refractivity contribution in [2.75, 3.05) is 0 Å². The average Bonchev–Trinajstić information content (AvgIpc) is 2.02. The summed E-state index contributed by atoms with van der Waals surface area (Å²) in [7, 11) is -1.96. The Labute approximate surface area is 129 Å². The second-order valence-corrected chi connectivity index (χ2v) is 7.70. The predicted molar refractivity (Wildman–Crippen MR) is 69.2 cm³/mol. The number of halogens is 1. The predicted octanol–water partition coefficient (Wildman–Crippen LogP) is 0.146. The van der Waals surface area contributed by atoms with Gasteiger partial charge in [-0.2, -0.15) is 6.42 Å². The van der Waals surface area contributed by atoms with E-state index < -0.39 is 8.56 Å². The zero-order chi connectivity index (χ0) is 11.2. The van der Waals surface area contributed by atoms with Crippen molar-refractivity contribution in [3.63, 3.8) is 0 Å². The topological polar surface area (TPSA) is 18.5 Å². The summed E-state index contributed by atoms with van der Waals surface area (Å²) in [4.78, 5) is 0. The third-order valence-corrected chi connectivity index (χ3v) is 5.99. The Morgan fingerprint density at radius 1 is 1.06 bits per heavy atom. The maximum Gasteiger partial charge on any atom is 2.00 e. The molecule has 16 heavy (non-hydrogen) atoms. The molecule has 0 radical (unpaired) electrons. The van der Waals surface area contributed by atoms with E-state index in [1.54, 1.807) is 0 Å². The van der Waals surface area contributed by atoms with Gasteiger partial charge in [0.15, 0.2) is 0 Å². The summed E-state index contributed by atoms with van der Waals surface area (Å²) in [6.07, 6.45) is 1.42. The molecule has 5 heteroatoms. The van der Waals surface area contributed by atoms with E-state index in [0.717, 1.165) is 18.5 Å². The molecular formula is C11H25BrMgO2Si. The number of hydrogen-bond acceptors (Lipinski definition) is 2. The molecule has 0 aromatic heterocycles. The molecular weight excluding hydrogens is 296 g/mol. The van der Waals surface area contributed by atoms with E-state index in [1.165, 1.54) is 0 Å². The van der Waals surface area contributed by atoms with Gasteiger partial charge >= 0.3 is 31.6 Å². The van der Waals surface area contributed by atoms with Gasteiger partial charge < -0.3 is 32.8 Å². The van der Waals surface area contributed by atoms with Crippen LogP contribution in [0.4, 0.5) is 0 Å². The first-order valence-corrected chi connectivity index (χ1v) is 7.83. The van der Waals surface area contributed by atoms with Gasteiger partial charge in [-0.15, -0.1) is 0 Å². The molecule has 0 aliphatic carbocycles. The van der Waals surface area contributed by atoms with E-state index in [0.29, 0.717) is 0 Å². The van der Waals surface area contributed by atoms with Crippen LogP contribution in [0.25, 0.3) is 0 Å². The first-order chi connectivity index (χ1) is 6.45. The van der Waals surface area contributed by atoms with E-state index in [2.05, 4.69) is 41.5 Å². The summed E-state index contributed by atoms with van der Waals surface area (Å²) in [6, 6.07) is 2.01. The van der Waals surface area contributed by atoms with Gasteiger partial charge in [-0.05, 0) is 39.8 Å². The van der Waals surface area contributed by atoms with Crippen molar-refractivity contribution in [3.05, 3.63) is 6.92 Å². The maximum atomic E-state index is 6.02. The fourth-order valence-corrected chi connectivity index (χ4v) is 4.85. The number of rotatable bonds is 7. The second-order valence-electron chi connectivity index (χ2n) is 4.20. The van der Waals surface area contributed by atoms with Crippen LogP contribution in [-0.4, -0.2) is 43.8 Å². The van der Waals surface area contributed by atoms with Crippen molar-refractivity contribution >= 4 is 31.6 Å². The standard InChI is InChI=1S/C11H25O2Si.BrH.Mg/c1-7-9-14(8-2,12-10(3)4)13-11(5)6;;/h10-11H,1,7-9H2,2-6H3;1H;/q-1;;+2/p-1. The van der Waals surface area contributed by atoms with Crippen LogP contribution in [0.3, 0.4) is 0 Å². The molecule has 0 N–H and O–H groups in total. The quantitative estimate of drug-likeness (QED) is 0.491. The Hall–Kier alpha value is 1.38. The minimum atomic E-state index is -1.96. The van der Waals surface area contributed by atoms with Crippen LogP contribution in [0.5, 0.6) is 0 Å². The van der Waals surface area contributed by atoms with Crippen LogP contribution in [0, 0.1) is 6.92 Å². The summed E-state index contributed by atoms with van der Waals surface area (Å²) >= 11 is 0. The van der Waals surface area contributed by atoms with Crippen LogP contribution in [0.1, 0.15) is 41.0 Å². The molecule has 0 aliphatic rings. The molecule has 0 aromatic rings. The molecule has 0 aromatic carbocycles. The zero-order valence-corrected chi connectivity index (χ0v) is 15.4. The molecule has 94 valence electrons. The summed E-state index contributed by atoms with van der Waals surface area (Å²) in [5.74, 6) is 0. The Balaban J connectivity index is -0.000000845. The van der Waals surface area contributed by atoms with Crippen LogP contribution in [0.15, 0.2) is 0 Å². The third kappa shape index (κ3) is 9.42. The van der Waals surface area contributed by atoms with Gasteiger partial charge in [0.05, 0.1) is 0 Å². The first kappa shape index (κ1) is 22.6. The van der Waals surface area contributed by atoms with Crippen LogP contribution < -0.4 is 17.0 Å². The van der Waals surface area contributed by atoms with Crippen molar-refractivity contribution in [2.45, 2.75) is 65.3 Å². The van der Waals surface area contributed by atoms with Crippen molar-refractivity contribution < 1.29 is 25.8 Å². The minimum Gasteiger partial charge on any atom is -1.00 e. The van der Waals surface area contributed by atoms with E-state index in [4.69, 9.17) is 8.85 Å². The fraction of sp³-hybridized carbons (Fsp3) is 0.909. The third-order valence-electron chi connectivity index (χ3n) is 2.00. The van der Waals surface area contributed by atoms with E-state index in [1.807, 2.05) is 0 Å². The summed E-state index contributed by atoms with van der Waals surface area (Å²) in [5, 5.41) is 0. The van der Waals surface area contributed by atoms with Crippen molar-refractivity contribution in [2.24, 2.45) is 0 Å². The van der Waals surface area contributed by atoms with E-state index in [-0.39, 0.29) is 52.2 Å². The Kier molecular flexibility index (Phi) is 16.2. The largest absolute Gasteiger partial charge is 2.00 e. The average molecular weight is 322 g/mol. The van der Waals surface area contributed by atoms with Crippen LogP contribution >= 0.6 is 0 Å². The molecule has 0 rings (SSSR count). The molecule has 0 saturated carbocycles. The molecule has 0 saturated heterocycles. The first-order valence-electron chi connectivity index (χ1n) is 5.60. The molecule has 2 nitrogen and oxygen atoms in total. The SMILES string of the molecule is [Br-].[CH2-]CC[Si](CC)(OC(C)C)OC(C)C.[Mg+2]. The molecule has 0 spiro atoms. The molecule has 0 bridgehead atoms. The molecule has 0 atom stereocenters. The van der Waals surface area contributed by atoms with Crippen LogP contribution in [0.2, 0.25) is 12.1 Å². The zero-order valence-electron chi connectivity index (χ0n) is 11.4. The second kappa shape index (κ2) is 11.5. The Morgan fingerprint density at radius 3 is 1.62 bits per heavy atom. The van der Waals surface area contributed by atoms with Gasteiger partial charge in [-0.25, -0.2) is 0 Å². The van der Waals surface area contributed by atoms with Gasteiger partial charge in [-0.3, -0.25) is 0 Å². The van der Waals surface area contributed by atoms with Crippen molar-refractivity contribution in [1.82, 2.24) is 0 Å².